The van der Waals surface area contributed by atoms with Crippen molar-refractivity contribution in [2.24, 2.45) is 5.73 Å². The Balaban J connectivity index is 2.13. The molecule has 3 rings (SSSR count). The second kappa shape index (κ2) is 4.94. The van der Waals surface area contributed by atoms with Crippen molar-refractivity contribution in [2.45, 2.75) is 13.0 Å². The normalized spacial score (nSPS) is 12.5. The summed E-state index contributed by atoms with van der Waals surface area (Å²) >= 11 is 0. The lowest BCUT2D eigenvalue weighted by Crippen LogP contribution is -2.30. The molecule has 1 unspecified atom stereocenters. The molecule has 2 N–H and O–H groups in total. The van der Waals surface area contributed by atoms with E-state index >= 15 is 0 Å². The van der Waals surface area contributed by atoms with Crippen molar-refractivity contribution in [1.82, 2.24) is 0 Å². The Labute approximate surface area is 117 Å². The van der Waals surface area contributed by atoms with Gasteiger partial charge in [0.05, 0.1) is 0 Å². The first-order valence-corrected chi connectivity index (χ1v) is 6.54. The average molecular weight is 265 g/mol. The van der Waals surface area contributed by atoms with Gasteiger partial charge in [0.1, 0.15) is 11.8 Å². The summed E-state index contributed by atoms with van der Waals surface area (Å²) < 4.78 is 5.27. The van der Waals surface area contributed by atoms with E-state index in [1.54, 1.807) is 13.0 Å². The number of carbonyl (C=O) groups excluding carboxylic acids is 1. The molecule has 0 fully saturated rings. The number of ether oxygens (including phenoxy) is 1. The quantitative estimate of drug-likeness (QED) is 0.439. The Bertz CT molecular complexity index is 793. The third-order valence-corrected chi connectivity index (χ3v) is 3.31. The lowest BCUT2D eigenvalue weighted by molar-refractivity contribution is -0.135. The molecule has 20 heavy (non-hydrogen) atoms. The van der Waals surface area contributed by atoms with E-state index in [0.29, 0.717) is 5.75 Å². The van der Waals surface area contributed by atoms with Gasteiger partial charge in [0.25, 0.3) is 0 Å². The zero-order valence-electron chi connectivity index (χ0n) is 11.2. The largest absolute Gasteiger partial charge is 0.425 e. The van der Waals surface area contributed by atoms with Crippen LogP contribution in [-0.2, 0) is 4.79 Å². The fraction of sp³-hybridized carbons (Fsp3) is 0.118. The van der Waals surface area contributed by atoms with Gasteiger partial charge < -0.3 is 10.5 Å². The number of fused-ring (bicyclic) bond motifs is 3. The Kier molecular flexibility index (Phi) is 3.12. The van der Waals surface area contributed by atoms with Crippen LogP contribution in [0.5, 0.6) is 5.75 Å². The number of rotatable bonds is 2. The minimum atomic E-state index is -0.627. The van der Waals surface area contributed by atoms with Crippen LogP contribution in [-0.4, -0.2) is 12.0 Å². The number of hydrogen-bond acceptors (Lipinski definition) is 3. The van der Waals surface area contributed by atoms with E-state index in [1.807, 2.05) is 24.3 Å². The van der Waals surface area contributed by atoms with E-state index in [-0.39, 0.29) is 0 Å². The number of carbonyl (C=O) groups is 1. The summed E-state index contributed by atoms with van der Waals surface area (Å²) in [5, 5.41) is 4.49. The van der Waals surface area contributed by atoms with Gasteiger partial charge in [-0.15, -0.1) is 0 Å². The van der Waals surface area contributed by atoms with Crippen LogP contribution < -0.4 is 10.5 Å². The number of nitrogens with two attached hydrogens (primary N) is 1. The van der Waals surface area contributed by atoms with E-state index < -0.39 is 12.0 Å². The van der Waals surface area contributed by atoms with Gasteiger partial charge in [-0.2, -0.15) is 0 Å². The van der Waals surface area contributed by atoms with Gasteiger partial charge in [-0.1, -0.05) is 42.5 Å². The predicted octanol–water partition coefficient (Wildman–Crippen LogP) is 3.25. The maximum atomic E-state index is 11.6. The van der Waals surface area contributed by atoms with Crippen LogP contribution in [0.3, 0.4) is 0 Å². The highest BCUT2D eigenvalue weighted by Gasteiger charge is 2.10. The first-order chi connectivity index (χ1) is 9.65. The highest BCUT2D eigenvalue weighted by atomic mass is 16.5. The van der Waals surface area contributed by atoms with Crippen molar-refractivity contribution in [3.8, 4) is 5.75 Å². The van der Waals surface area contributed by atoms with Gasteiger partial charge >= 0.3 is 5.97 Å². The summed E-state index contributed by atoms with van der Waals surface area (Å²) in [7, 11) is 0. The maximum absolute atomic E-state index is 11.6. The van der Waals surface area contributed by atoms with Gasteiger partial charge in [-0.25, -0.2) is 4.79 Å². The van der Waals surface area contributed by atoms with Crippen molar-refractivity contribution >= 4 is 27.5 Å². The minimum Gasteiger partial charge on any atom is -0.425 e. The number of esters is 1. The minimum absolute atomic E-state index is 0.426. The summed E-state index contributed by atoms with van der Waals surface area (Å²) in [6.07, 6.45) is 0. The Morgan fingerprint density at radius 1 is 1.00 bits per heavy atom. The molecule has 0 bridgehead atoms. The topological polar surface area (TPSA) is 52.3 Å². The molecule has 0 aliphatic rings. The van der Waals surface area contributed by atoms with Crippen LogP contribution in [0.1, 0.15) is 6.92 Å². The summed E-state index contributed by atoms with van der Waals surface area (Å²) in [5.41, 5.74) is 5.51. The summed E-state index contributed by atoms with van der Waals surface area (Å²) in [4.78, 5) is 11.6. The van der Waals surface area contributed by atoms with E-state index in [4.69, 9.17) is 10.5 Å². The lowest BCUT2D eigenvalue weighted by Gasteiger charge is -2.09. The van der Waals surface area contributed by atoms with Crippen molar-refractivity contribution in [3.63, 3.8) is 0 Å². The molecule has 0 saturated carbocycles. The highest BCUT2D eigenvalue weighted by molar-refractivity contribution is 6.07. The van der Waals surface area contributed by atoms with Gasteiger partial charge in [0, 0.05) is 0 Å². The smallest absolute Gasteiger partial charge is 0.328 e. The molecule has 3 aromatic carbocycles. The zero-order chi connectivity index (χ0) is 14.1. The molecule has 3 heteroatoms. The molecule has 100 valence electrons. The molecular weight excluding hydrogens is 250 g/mol. The third-order valence-electron chi connectivity index (χ3n) is 3.31. The second-order valence-corrected chi connectivity index (χ2v) is 4.88. The standard InChI is InChI=1S/C17H15NO2/c1-11(18)17(19)20-14-9-8-13-7-6-12-4-2-3-5-15(12)16(13)10-14/h2-11H,18H2,1H3. The van der Waals surface area contributed by atoms with Crippen molar-refractivity contribution < 1.29 is 9.53 Å². The van der Waals surface area contributed by atoms with Gasteiger partial charge in [-0.05, 0) is 40.6 Å². The van der Waals surface area contributed by atoms with Crippen LogP contribution >= 0.6 is 0 Å². The zero-order valence-corrected chi connectivity index (χ0v) is 11.2. The van der Waals surface area contributed by atoms with Gasteiger partial charge in [0.15, 0.2) is 0 Å². The SMILES string of the molecule is CC(N)C(=O)Oc1ccc2ccc3ccccc3c2c1. The second-order valence-electron chi connectivity index (χ2n) is 4.88. The van der Waals surface area contributed by atoms with Crippen molar-refractivity contribution in [2.75, 3.05) is 0 Å². The molecule has 0 spiro atoms. The van der Waals surface area contributed by atoms with Crippen LogP contribution in [0.2, 0.25) is 0 Å². The first kappa shape index (κ1) is 12.6. The molecule has 0 aromatic heterocycles. The summed E-state index contributed by atoms with van der Waals surface area (Å²) in [5.74, 6) is 0.0979. The molecule has 3 aromatic rings. The molecule has 0 amide bonds. The van der Waals surface area contributed by atoms with E-state index in [2.05, 4.69) is 24.3 Å². The highest BCUT2D eigenvalue weighted by Crippen LogP contribution is 2.28. The van der Waals surface area contributed by atoms with Crippen LogP contribution in [0.4, 0.5) is 0 Å². The van der Waals surface area contributed by atoms with Gasteiger partial charge in [0.2, 0.25) is 0 Å². The molecule has 1 atom stereocenters. The molecule has 3 nitrogen and oxygen atoms in total. The third kappa shape index (κ3) is 2.24. The van der Waals surface area contributed by atoms with Crippen molar-refractivity contribution in [1.29, 1.82) is 0 Å². The predicted molar refractivity (Wildman–Crippen MR) is 80.7 cm³/mol. The first-order valence-electron chi connectivity index (χ1n) is 6.54. The Morgan fingerprint density at radius 2 is 1.65 bits per heavy atom. The molecule has 0 aliphatic heterocycles. The van der Waals surface area contributed by atoms with E-state index in [1.165, 1.54) is 0 Å². The Hall–Kier alpha value is -2.39. The molecule has 0 saturated heterocycles. The molecule has 0 heterocycles. The van der Waals surface area contributed by atoms with E-state index in [0.717, 1.165) is 21.5 Å². The van der Waals surface area contributed by atoms with Crippen LogP contribution in [0, 0.1) is 0 Å². The van der Waals surface area contributed by atoms with Crippen LogP contribution in [0.15, 0.2) is 54.6 Å². The summed E-state index contributed by atoms with van der Waals surface area (Å²) in [6, 6.07) is 17.3. The lowest BCUT2D eigenvalue weighted by atomic mass is 10.0. The average Bonchev–Trinajstić information content (AvgIpc) is 2.47. The van der Waals surface area contributed by atoms with Crippen LogP contribution in [0.25, 0.3) is 21.5 Å². The fourth-order valence-electron chi connectivity index (χ4n) is 2.25. The van der Waals surface area contributed by atoms with Gasteiger partial charge in [-0.3, -0.25) is 0 Å². The number of benzene rings is 3. The summed E-state index contributed by atoms with van der Waals surface area (Å²) in [6.45, 7) is 1.61. The fourth-order valence-corrected chi connectivity index (χ4v) is 2.25. The van der Waals surface area contributed by atoms with E-state index in [9.17, 15) is 4.79 Å². The number of hydrogen-bond donors (Lipinski definition) is 1. The maximum Gasteiger partial charge on any atom is 0.328 e. The Morgan fingerprint density at radius 3 is 2.40 bits per heavy atom. The van der Waals surface area contributed by atoms with Crippen molar-refractivity contribution in [3.05, 3.63) is 54.6 Å². The molecule has 0 aliphatic carbocycles. The molecular formula is C17H15NO2. The monoisotopic (exact) mass is 265 g/mol. The molecule has 0 radical (unpaired) electrons.